The molecule has 0 aromatic rings. The summed E-state index contributed by atoms with van der Waals surface area (Å²) in [7, 11) is 0. The van der Waals surface area contributed by atoms with Crippen LogP contribution in [-0.2, 0) is 4.79 Å². The van der Waals surface area contributed by atoms with E-state index in [0.29, 0.717) is 5.25 Å². The molecule has 1 N–H and O–H groups in total. The Balaban J connectivity index is 2.45. The van der Waals surface area contributed by atoms with Gasteiger partial charge in [0, 0.05) is 5.25 Å². The molecule has 0 saturated heterocycles. The summed E-state index contributed by atoms with van der Waals surface area (Å²) in [5.74, 6) is 1.65. The number of carbonyl (C=O) groups excluding carboxylic acids is 1. The summed E-state index contributed by atoms with van der Waals surface area (Å²) in [5.41, 5.74) is -0.564. The molecule has 1 amide bonds. The monoisotopic (exact) mass is 214 g/mol. The predicted octanol–water partition coefficient (Wildman–Crippen LogP) is 1.82. The zero-order valence-corrected chi connectivity index (χ0v) is 10.1. The van der Waals surface area contributed by atoms with Crippen LogP contribution in [0.3, 0.4) is 0 Å². The zero-order valence-electron chi connectivity index (χ0n) is 9.26. The van der Waals surface area contributed by atoms with Gasteiger partial charge in [0.25, 0.3) is 5.91 Å². The minimum Gasteiger partial charge on any atom is -0.312 e. The van der Waals surface area contributed by atoms with Crippen LogP contribution < -0.4 is 5.32 Å². The number of amides is 1. The first kappa shape index (κ1) is 11.6. The Morgan fingerprint density at radius 3 is 2.64 bits per heavy atom. The minimum absolute atomic E-state index is 0.0113. The second-order valence-electron chi connectivity index (χ2n) is 4.10. The molecule has 1 aliphatic heterocycles. The normalized spacial score (nSPS) is 21.7. The first-order valence-corrected chi connectivity index (χ1v) is 6.02. The Hall–Kier alpha value is -0.510. The van der Waals surface area contributed by atoms with Crippen molar-refractivity contribution in [3.05, 3.63) is 0 Å². The van der Waals surface area contributed by atoms with Crippen molar-refractivity contribution in [3.8, 4) is 0 Å². The van der Waals surface area contributed by atoms with Crippen LogP contribution in [0.2, 0.25) is 0 Å². The number of hydrogen-bond acceptors (Lipinski definition) is 3. The van der Waals surface area contributed by atoms with E-state index >= 15 is 0 Å². The van der Waals surface area contributed by atoms with Crippen molar-refractivity contribution in [3.63, 3.8) is 0 Å². The molecule has 14 heavy (non-hydrogen) atoms. The van der Waals surface area contributed by atoms with Crippen LogP contribution in [0.5, 0.6) is 0 Å². The van der Waals surface area contributed by atoms with Crippen molar-refractivity contribution < 1.29 is 4.79 Å². The van der Waals surface area contributed by atoms with Crippen LogP contribution in [-0.4, -0.2) is 28.3 Å². The Bertz CT molecular complexity index is 261. The molecule has 0 aliphatic carbocycles. The Labute approximate surface area is 89.7 Å². The average molecular weight is 214 g/mol. The second kappa shape index (κ2) is 4.34. The highest BCUT2D eigenvalue weighted by Crippen LogP contribution is 2.19. The maximum absolute atomic E-state index is 11.4. The molecule has 4 heteroatoms. The fraction of sp³-hybridized carbons (Fsp3) is 0.800. The number of hydrogen-bond donors (Lipinski definition) is 1. The van der Waals surface area contributed by atoms with Crippen molar-refractivity contribution in [1.82, 2.24) is 5.32 Å². The van der Waals surface area contributed by atoms with Crippen molar-refractivity contribution in [2.45, 2.75) is 44.9 Å². The molecule has 1 atom stereocenters. The van der Waals surface area contributed by atoms with Crippen molar-refractivity contribution in [2.24, 2.45) is 4.99 Å². The molecule has 80 valence electrons. The fourth-order valence-electron chi connectivity index (χ4n) is 1.11. The van der Waals surface area contributed by atoms with Gasteiger partial charge in [0.2, 0.25) is 0 Å². The SMILES string of the molecule is CCC(C)SCC1=NC(C)(C)C(=O)N1. The van der Waals surface area contributed by atoms with Crippen LogP contribution in [0.15, 0.2) is 4.99 Å². The third-order valence-electron chi connectivity index (χ3n) is 2.31. The zero-order chi connectivity index (χ0) is 10.8. The maximum Gasteiger partial charge on any atom is 0.252 e. The van der Waals surface area contributed by atoms with E-state index in [2.05, 4.69) is 24.2 Å². The number of thioether (sulfide) groups is 1. The lowest BCUT2D eigenvalue weighted by Crippen LogP contribution is -2.35. The molecule has 1 rings (SSSR count). The second-order valence-corrected chi connectivity index (χ2v) is 5.53. The summed E-state index contributed by atoms with van der Waals surface area (Å²) in [6, 6.07) is 0. The molecular formula is C10H18N2OS. The molecule has 1 unspecified atom stereocenters. The smallest absolute Gasteiger partial charge is 0.252 e. The summed E-state index contributed by atoms with van der Waals surface area (Å²) < 4.78 is 0. The van der Waals surface area contributed by atoms with Gasteiger partial charge in [-0.3, -0.25) is 9.79 Å². The Kier molecular flexibility index (Phi) is 3.59. The number of aliphatic imine (C=N–C) groups is 1. The van der Waals surface area contributed by atoms with Gasteiger partial charge < -0.3 is 5.32 Å². The van der Waals surface area contributed by atoms with E-state index in [-0.39, 0.29) is 5.91 Å². The lowest BCUT2D eigenvalue weighted by atomic mass is 10.1. The van der Waals surface area contributed by atoms with Crippen molar-refractivity contribution in [2.75, 3.05) is 5.75 Å². The predicted molar refractivity (Wildman–Crippen MR) is 61.9 cm³/mol. The van der Waals surface area contributed by atoms with Crippen LogP contribution in [0, 0.1) is 0 Å². The highest BCUT2D eigenvalue weighted by Gasteiger charge is 2.33. The first-order valence-electron chi connectivity index (χ1n) is 4.97. The van der Waals surface area contributed by atoms with Gasteiger partial charge in [-0.2, -0.15) is 11.8 Å². The molecule has 0 saturated carbocycles. The van der Waals surface area contributed by atoms with E-state index in [1.807, 2.05) is 25.6 Å². The molecule has 1 heterocycles. The third kappa shape index (κ3) is 2.74. The topological polar surface area (TPSA) is 41.5 Å². The molecule has 0 radical (unpaired) electrons. The number of carbonyl (C=O) groups is 1. The number of nitrogens with one attached hydrogen (secondary N) is 1. The molecule has 0 aromatic heterocycles. The summed E-state index contributed by atoms with van der Waals surface area (Å²) in [4.78, 5) is 15.7. The van der Waals surface area contributed by atoms with Crippen LogP contribution in [0.1, 0.15) is 34.1 Å². The van der Waals surface area contributed by atoms with Gasteiger partial charge >= 0.3 is 0 Å². The van der Waals surface area contributed by atoms with E-state index in [9.17, 15) is 4.79 Å². The van der Waals surface area contributed by atoms with E-state index in [1.54, 1.807) is 0 Å². The number of amidine groups is 1. The lowest BCUT2D eigenvalue weighted by molar-refractivity contribution is -0.122. The molecule has 1 aliphatic rings. The third-order valence-corrected chi connectivity index (χ3v) is 3.65. The summed E-state index contributed by atoms with van der Waals surface area (Å²) >= 11 is 1.83. The van der Waals surface area contributed by atoms with Crippen LogP contribution in [0.25, 0.3) is 0 Å². The van der Waals surface area contributed by atoms with Gasteiger partial charge in [0.1, 0.15) is 11.4 Å². The van der Waals surface area contributed by atoms with Gasteiger partial charge in [0.05, 0.1) is 5.75 Å². The van der Waals surface area contributed by atoms with Crippen molar-refractivity contribution in [1.29, 1.82) is 0 Å². The van der Waals surface area contributed by atoms with Gasteiger partial charge in [-0.05, 0) is 20.3 Å². The lowest BCUT2D eigenvalue weighted by Gasteiger charge is -2.07. The highest BCUT2D eigenvalue weighted by atomic mass is 32.2. The Morgan fingerprint density at radius 1 is 1.57 bits per heavy atom. The van der Waals surface area contributed by atoms with E-state index in [4.69, 9.17) is 0 Å². The number of nitrogens with zero attached hydrogens (tertiary/aromatic N) is 1. The van der Waals surface area contributed by atoms with Crippen molar-refractivity contribution >= 4 is 23.5 Å². The van der Waals surface area contributed by atoms with Gasteiger partial charge in [-0.15, -0.1) is 0 Å². The molecular weight excluding hydrogens is 196 g/mol. The van der Waals surface area contributed by atoms with Crippen LogP contribution >= 0.6 is 11.8 Å². The molecule has 3 nitrogen and oxygen atoms in total. The fourth-order valence-corrected chi connectivity index (χ4v) is 1.92. The summed E-state index contributed by atoms with van der Waals surface area (Å²) in [6.07, 6.45) is 1.15. The summed E-state index contributed by atoms with van der Waals surface area (Å²) in [6.45, 7) is 8.02. The largest absolute Gasteiger partial charge is 0.312 e. The Morgan fingerprint density at radius 2 is 2.21 bits per heavy atom. The molecule has 0 fully saturated rings. The minimum atomic E-state index is -0.564. The molecule has 0 spiro atoms. The average Bonchev–Trinajstić information content (AvgIpc) is 2.37. The molecule has 0 bridgehead atoms. The quantitative estimate of drug-likeness (QED) is 0.775. The summed E-state index contributed by atoms with van der Waals surface area (Å²) in [5, 5.41) is 3.44. The standard InChI is InChI=1S/C10H18N2OS/c1-5-7(2)14-6-8-11-9(13)10(3,4)12-8/h7H,5-6H2,1-4H3,(H,11,12,13). The van der Waals surface area contributed by atoms with Crippen LogP contribution in [0.4, 0.5) is 0 Å². The van der Waals surface area contributed by atoms with E-state index < -0.39 is 5.54 Å². The number of rotatable bonds is 4. The van der Waals surface area contributed by atoms with E-state index in [0.717, 1.165) is 18.0 Å². The molecule has 0 aromatic carbocycles. The highest BCUT2D eigenvalue weighted by molar-refractivity contribution is 8.00. The van der Waals surface area contributed by atoms with E-state index in [1.165, 1.54) is 0 Å². The van der Waals surface area contributed by atoms with Gasteiger partial charge in [-0.25, -0.2) is 0 Å². The first-order chi connectivity index (χ1) is 6.45. The van der Waals surface area contributed by atoms with Gasteiger partial charge in [-0.1, -0.05) is 13.8 Å². The maximum atomic E-state index is 11.4. The van der Waals surface area contributed by atoms with Gasteiger partial charge in [0.15, 0.2) is 0 Å².